The highest BCUT2D eigenvalue weighted by atomic mass is 16.5. The molecule has 0 spiro atoms. The summed E-state index contributed by atoms with van der Waals surface area (Å²) in [6.45, 7) is 1.55. The molecular formula is C12H17N3O3. The summed E-state index contributed by atoms with van der Waals surface area (Å²) in [5, 5.41) is 0. The summed E-state index contributed by atoms with van der Waals surface area (Å²) >= 11 is 0. The van der Waals surface area contributed by atoms with E-state index in [0.717, 1.165) is 19.5 Å². The average Bonchev–Trinajstić information content (AvgIpc) is 2.87. The third-order valence-electron chi connectivity index (χ3n) is 3.08. The van der Waals surface area contributed by atoms with Crippen molar-refractivity contribution in [1.29, 1.82) is 0 Å². The van der Waals surface area contributed by atoms with E-state index < -0.39 is 5.97 Å². The van der Waals surface area contributed by atoms with E-state index in [9.17, 15) is 4.79 Å². The number of rotatable bonds is 3. The predicted molar refractivity (Wildman–Crippen MR) is 67.6 cm³/mol. The van der Waals surface area contributed by atoms with Crippen molar-refractivity contribution in [1.82, 2.24) is 4.98 Å². The van der Waals surface area contributed by atoms with Crippen LogP contribution in [-0.2, 0) is 9.47 Å². The van der Waals surface area contributed by atoms with Crippen molar-refractivity contribution in [3.05, 3.63) is 17.8 Å². The molecule has 1 aliphatic rings. The highest BCUT2D eigenvalue weighted by Gasteiger charge is 2.25. The molecule has 2 rings (SSSR count). The van der Waals surface area contributed by atoms with Crippen LogP contribution < -0.4 is 10.6 Å². The highest BCUT2D eigenvalue weighted by molar-refractivity contribution is 5.88. The monoisotopic (exact) mass is 251 g/mol. The van der Waals surface area contributed by atoms with Crippen molar-refractivity contribution >= 4 is 17.5 Å². The van der Waals surface area contributed by atoms with E-state index in [0.29, 0.717) is 11.5 Å². The number of nitrogen functional groups attached to an aromatic ring is 1. The van der Waals surface area contributed by atoms with Gasteiger partial charge in [-0.1, -0.05) is 0 Å². The van der Waals surface area contributed by atoms with Gasteiger partial charge in [-0.2, -0.15) is 0 Å². The number of carbonyl (C=O) groups excluding carboxylic acids is 1. The molecule has 1 saturated heterocycles. The van der Waals surface area contributed by atoms with Crippen molar-refractivity contribution in [2.75, 3.05) is 37.9 Å². The Morgan fingerprint density at radius 3 is 2.89 bits per heavy atom. The van der Waals surface area contributed by atoms with Crippen molar-refractivity contribution in [2.24, 2.45) is 0 Å². The molecule has 0 bridgehead atoms. The van der Waals surface area contributed by atoms with E-state index in [-0.39, 0.29) is 11.8 Å². The number of aromatic nitrogens is 1. The zero-order valence-corrected chi connectivity index (χ0v) is 10.5. The molecule has 1 unspecified atom stereocenters. The molecule has 98 valence electrons. The first kappa shape index (κ1) is 12.6. The summed E-state index contributed by atoms with van der Waals surface area (Å²) in [6, 6.07) is 3.24. The molecule has 1 aromatic heterocycles. The van der Waals surface area contributed by atoms with Crippen LogP contribution in [0.2, 0.25) is 0 Å². The number of esters is 1. The minimum Gasteiger partial charge on any atom is -0.464 e. The minimum absolute atomic E-state index is 0.188. The zero-order valence-electron chi connectivity index (χ0n) is 10.5. The molecule has 1 atom stereocenters. The Kier molecular flexibility index (Phi) is 3.66. The Morgan fingerprint density at radius 2 is 2.28 bits per heavy atom. The number of pyridine rings is 1. The Morgan fingerprint density at radius 1 is 1.50 bits per heavy atom. The van der Waals surface area contributed by atoms with Crippen molar-refractivity contribution in [3.63, 3.8) is 0 Å². The van der Waals surface area contributed by atoms with E-state index in [4.69, 9.17) is 10.5 Å². The molecule has 1 fully saturated rings. The predicted octanol–water partition coefficient (Wildman–Crippen LogP) is 0.675. The normalized spacial score (nSPS) is 19.0. The fourth-order valence-electron chi connectivity index (χ4n) is 2.04. The van der Waals surface area contributed by atoms with Gasteiger partial charge < -0.3 is 20.1 Å². The summed E-state index contributed by atoms with van der Waals surface area (Å²) in [5.74, 6) is 0.163. The van der Waals surface area contributed by atoms with Crippen LogP contribution in [-0.4, -0.2) is 44.4 Å². The average molecular weight is 251 g/mol. The lowest BCUT2D eigenvalue weighted by Crippen LogP contribution is -2.25. The van der Waals surface area contributed by atoms with Crippen LogP contribution in [0.25, 0.3) is 0 Å². The van der Waals surface area contributed by atoms with Crippen LogP contribution >= 0.6 is 0 Å². The number of anilines is 2. The first-order valence-electron chi connectivity index (χ1n) is 5.78. The molecule has 1 aromatic rings. The molecule has 1 aliphatic heterocycles. The first-order chi connectivity index (χ1) is 8.65. The number of carbonyl (C=O) groups is 1. The number of ether oxygens (including phenoxy) is 2. The van der Waals surface area contributed by atoms with Crippen LogP contribution in [0.5, 0.6) is 0 Å². The Labute approximate surface area is 106 Å². The number of hydrogen-bond donors (Lipinski definition) is 1. The van der Waals surface area contributed by atoms with Gasteiger partial charge in [-0.3, -0.25) is 0 Å². The van der Waals surface area contributed by atoms with Gasteiger partial charge in [0.1, 0.15) is 0 Å². The maximum Gasteiger partial charge on any atom is 0.356 e. The van der Waals surface area contributed by atoms with Crippen molar-refractivity contribution < 1.29 is 14.3 Å². The fourth-order valence-corrected chi connectivity index (χ4v) is 2.04. The molecule has 2 heterocycles. The lowest BCUT2D eigenvalue weighted by atomic mass is 10.3. The lowest BCUT2D eigenvalue weighted by molar-refractivity contribution is 0.0594. The molecule has 0 radical (unpaired) electrons. The summed E-state index contributed by atoms with van der Waals surface area (Å²) in [5.41, 5.74) is 6.72. The van der Waals surface area contributed by atoms with E-state index in [1.807, 2.05) is 4.90 Å². The Bertz CT molecular complexity index is 450. The molecule has 0 aliphatic carbocycles. The molecule has 0 saturated carbocycles. The second-order valence-corrected chi connectivity index (χ2v) is 4.19. The standard InChI is InChI=1S/C12H17N3O3/c1-17-8-5-6-15(7-8)11-9(13)3-4-10(14-11)12(16)18-2/h3-4,8H,5-7,13H2,1-2H3. The summed E-state index contributed by atoms with van der Waals surface area (Å²) in [7, 11) is 3.02. The van der Waals surface area contributed by atoms with Gasteiger partial charge >= 0.3 is 5.97 Å². The van der Waals surface area contributed by atoms with Crippen LogP contribution in [0.1, 0.15) is 16.9 Å². The molecule has 2 N–H and O–H groups in total. The third kappa shape index (κ3) is 2.38. The third-order valence-corrected chi connectivity index (χ3v) is 3.08. The maximum absolute atomic E-state index is 11.4. The van der Waals surface area contributed by atoms with Gasteiger partial charge in [-0.25, -0.2) is 9.78 Å². The van der Waals surface area contributed by atoms with E-state index in [2.05, 4.69) is 9.72 Å². The van der Waals surface area contributed by atoms with Gasteiger partial charge in [-0.15, -0.1) is 0 Å². The zero-order chi connectivity index (χ0) is 13.1. The smallest absolute Gasteiger partial charge is 0.356 e. The molecule has 6 nitrogen and oxygen atoms in total. The van der Waals surface area contributed by atoms with Gasteiger partial charge in [0, 0.05) is 20.2 Å². The largest absolute Gasteiger partial charge is 0.464 e. The maximum atomic E-state index is 11.4. The number of methoxy groups -OCH3 is 2. The van der Waals surface area contributed by atoms with Gasteiger partial charge in [0.25, 0.3) is 0 Å². The fraction of sp³-hybridized carbons (Fsp3) is 0.500. The quantitative estimate of drug-likeness (QED) is 0.796. The molecule has 0 amide bonds. The van der Waals surface area contributed by atoms with Crippen molar-refractivity contribution in [3.8, 4) is 0 Å². The van der Waals surface area contributed by atoms with Crippen molar-refractivity contribution in [2.45, 2.75) is 12.5 Å². The topological polar surface area (TPSA) is 77.7 Å². The second-order valence-electron chi connectivity index (χ2n) is 4.19. The molecule has 6 heteroatoms. The van der Waals surface area contributed by atoms with Gasteiger partial charge in [0.15, 0.2) is 11.5 Å². The summed E-state index contributed by atoms with van der Waals surface area (Å²) in [4.78, 5) is 17.7. The Balaban J connectivity index is 2.24. The summed E-state index contributed by atoms with van der Waals surface area (Å²) < 4.78 is 9.95. The number of nitrogens with zero attached hydrogens (tertiary/aromatic N) is 2. The lowest BCUT2D eigenvalue weighted by Gasteiger charge is -2.19. The Hall–Kier alpha value is -1.82. The minimum atomic E-state index is -0.460. The molecular weight excluding hydrogens is 234 g/mol. The van der Waals surface area contributed by atoms with Crippen LogP contribution in [0.4, 0.5) is 11.5 Å². The second kappa shape index (κ2) is 5.22. The van der Waals surface area contributed by atoms with E-state index in [1.165, 1.54) is 7.11 Å². The van der Waals surface area contributed by atoms with Crippen LogP contribution in [0.15, 0.2) is 12.1 Å². The number of hydrogen-bond acceptors (Lipinski definition) is 6. The van der Waals surface area contributed by atoms with Gasteiger partial charge in [-0.05, 0) is 18.6 Å². The molecule has 18 heavy (non-hydrogen) atoms. The summed E-state index contributed by atoms with van der Waals surface area (Å²) in [6.07, 6.45) is 1.12. The van der Waals surface area contributed by atoms with E-state index >= 15 is 0 Å². The first-order valence-corrected chi connectivity index (χ1v) is 5.78. The van der Waals surface area contributed by atoms with Gasteiger partial charge in [0.2, 0.25) is 0 Å². The number of nitrogens with two attached hydrogens (primary N) is 1. The SMILES string of the molecule is COC(=O)c1ccc(N)c(N2CCC(OC)C2)n1. The van der Waals surface area contributed by atoms with Crippen LogP contribution in [0, 0.1) is 0 Å². The van der Waals surface area contributed by atoms with Crippen LogP contribution in [0.3, 0.4) is 0 Å². The van der Waals surface area contributed by atoms with E-state index in [1.54, 1.807) is 19.2 Å². The molecule has 0 aromatic carbocycles. The highest BCUT2D eigenvalue weighted by Crippen LogP contribution is 2.25. The van der Waals surface area contributed by atoms with Gasteiger partial charge in [0.05, 0.1) is 18.9 Å².